The van der Waals surface area contributed by atoms with Crippen LogP contribution in [0.25, 0.3) is 0 Å². The number of aromatic nitrogens is 2. The maximum atomic E-state index is 4.28. The first kappa shape index (κ1) is 7.19. The Bertz CT molecular complexity index is 208. The van der Waals surface area contributed by atoms with Crippen molar-refractivity contribution in [3.63, 3.8) is 0 Å². The van der Waals surface area contributed by atoms with Crippen LogP contribution in [-0.2, 0) is 6.54 Å². The number of rotatable bonds is 2. The molecule has 0 radical (unpaired) electrons. The smallest absolute Gasteiger partial charge is 0.0911 e. The van der Waals surface area contributed by atoms with Crippen molar-refractivity contribution in [2.75, 3.05) is 0 Å². The van der Waals surface area contributed by atoms with Crippen molar-refractivity contribution in [2.24, 2.45) is 0 Å². The highest BCUT2D eigenvalue weighted by Crippen LogP contribution is 1.84. The molecule has 1 rings (SSSR count). The molecule has 2 heteroatoms. The van der Waals surface area contributed by atoms with Crippen molar-refractivity contribution in [2.45, 2.75) is 26.8 Å². The highest BCUT2D eigenvalue weighted by molar-refractivity contribution is 4.92. The van der Waals surface area contributed by atoms with Crippen LogP contribution in [0, 0.1) is 6.92 Å². The summed E-state index contributed by atoms with van der Waals surface area (Å²) in [6.45, 7) is 5.17. The fraction of sp³-hybridized carbons (Fsp3) is 0.500. The van der Waals surface area contributed by atoms with Gasteiger partial charge in [-0.2, -0.15) is 0 Å². The van der Waals surface area contributed by atoms with Crippen LogP contribution in [0.5, 0.6) is 0 Å². The molecule has 0 N–H and O–H groups in total. The second-order valence-electron chi connectivity index (χ2n) is 2.41. The van der Waals surface area contributed by atoms with E-state index in [9.17, 15) is 0 Å². The predicted molar refractivity (Wildman–Crippen MR) is 39.5 cm³/mol. The van der Waals surface area contributed by atoms with Crippen molar-refractivity contribution in [3.8, 4) is 0 Å². The van der Waals surface area contributed by atoms with E-state index in [2.05, 4.69) is 12.0 Å². The number of hydrogen-bond acceptors (Lipinski definition) is 1. The van der Waals surface area contributed by atoms with Gasteiger partial charge in [0.05, 0.1) is 0 Å². The number of nitrogens with zero attached hydrogens (tertiary/aromatic N) is 2. The molecular formula is C8H13N2+. The lowest BCUT2D eigenvalue weighted by molar-refractivity contribution is -0.754. The second-order valence-corrected chi connectivity index (χ2v) is 2.41. The van der Waals surface area contributed by atoms with Crippen molar-refractivity contribution in [1.82, 2.24) is 5.10 Å². The van der Waals surface area contributed by atoms with Gasteiger partial charge in [0.1, 0.15) is 5.69 Å². The van der Waals surface area contributed by atoms with Gasteiger partial charge >= 0.3 is 0 Å². The SMILES string of the molecule is CCC[n+]1cccc(C)n1. The average Bonchev–Trinajstić information content (AvgIpc) is 1.88. The van der Waals surface area contributed by atoms with Crippen LogP contribution in [0.15, 0.2) is 18.3 Å². The Morgan fingerprint density at radius 1 is 1.60 bits per heavy atom. The normalized spacial score (nSPS) is 9.80. The van der Waals surface area contributed by atoms with E-state index in [4.69, 9.17) is 0 Å². The molecule has 0 saturated heterocycles. The van der Waals surface area contributed by atoms with Crippen molar-refractivity contribution in [1.29, 1.82) is 0 Å². The molecular weight excluding hydrogens is 124 g/mol. The van der Waals surface area contributed by atoms with Crippen LogP contribution >= 0.6 is 0 Å². The van der Waals surface area contributed by atoms with Gasteiger partial charge < -0.3 is 0 Å². The molecule has 0 saturated carbocycles. The largest absolute Gasteiger partial charge is 0.196 e. The lowest BCUT2D eigenvalue weighted by Gasteiger charge is -1.90. The average molecular weight is 137 g/mol. The summed E-state index contributed by atoms with van der Waals surface area (Å²) >= 11 is 0. The van der Waals surface area contributed by atoms with Crippen LogP contribution in [0.2, 0.25) is 0 Å². The van der Waals surface area contributed by atoms with E-state index in [1.807, 2.05) is 29.9 Å². The molecule has 1 aromatic heterocycles. The van der Waals surface area contributed by atoms with Crippen molar-refractivity contribution >= 4 is 0 Å². The zero-order valence-corrected chi connectivity index (χ0v) is 6.54. The van der Waals surface area contributed by atoms with E-state index in [-0.39, 0.29) is 0 Å². The highest BCUT2D eigenvalue weighted by Gasteiger charge is 1.97. The molecule has 0 fully saturated rings. The predicted octanol–water partition coefficient (Wildman–Crippen LogP) is 1.09. The van der Waals surface area contributed by atoms with Crippen LogP contribution in [0.1, 0.15) is 19.0 Å². The standard InChI is InChI=1S/C8H13N2/c1-3-6-10-7-4-5-8(2)9-10/h4-5,7H,3,6H2,1-2H3/q+1. The summed E-state index contributed by atoms with van der Waals surface area (Å²) in [6, 6.07) is 4.03. The van der Waals surface area contributed by atoms with Gasteiger partial charge in [-0.15, -0.1) is 0 Å². The molecule has 0 aromatic carbocycles. The third-order valence-electron chi connectivity index (χ3n) is 1.33. The molecule has 1 aromatic rings. The lowest BCUT2D eigenvalue weighted by Crippen LogP contribution is -2.37. The molecule has 54 valence electrons. The van der Waals surface area contributed by atoms with Gasteiger partial charge in [-0.05, 0) is 18.1 Å². The summed E-state index contributed by atoms with van der Waals surface area (Å²) in [5, 5.41) is 4.28. The monoisotopic (exact) mass is 137 g/mol. The minimum absolute atomic E-state index is 1.02. The van der Waals surface area contributed by atoms with Crippen LogP contribution in [-0.4, -0.2) is 5.10 Å². The van der Waals surface area contributed by atoms with Gasteiger partial charge in [0.25, 0.3) is 0 Å². The van der Waals surface area contributed by atoms with E-state index in [1.165, 1.54) is 0 Å². The van der Waals surface area contributed by atoms with Crippen LogP contribution in [0.4, 0.5) is 0 Å². The molecule has 0 aliphatic carbocycles. The first-order valence-corrected chi connectivity index (χ1v) is 3.66. The molecule has 0 spiro atoms. The van der Waals surface area contributed by atoms with Crippen LogP contribution in [0.3, 0.4) is 0 Å². The Morgan fingerprint density at radius 2 is 2.40 bits per heavy atom. The van der Waals surface area contributed by atoms with Gasteiger partial charge in [-0.1, -0.05) is 11.6 Å². The lowest BCUT2D eigenvalue weighted by atomic mass is 10.4. The molecule has 0 bridgehead atoms. The van der Waals surface area contributed by atoms with Crippen LogP contribution < -0.4 is 4.68 Å². The minimum Gasteiger partial charge on any atom is -0.0911 e. The summed E-state index contributed by atoms with van der Waals surface area (Å²) in [4.78, 5) is 0. The molecule has 0 amide bonds. The van der Waals surface area contributed by atoms with Gasteiger partial charge in [-0.25, -0.2) is 0 Å². The Hall–Kier alpha value is -0.920. The Kier molecular flexibility index (Phi) is 2.37. The van der Waals surface area contributed by atoms with E-state index >= 15 is 0 Å². The van der Waals surface area contributed by atoms with E-state index in [0.717, 1.165) is 18.7 Å². The molecule has 0 aliphatic heterocycles. The third-order valence-corrected chi connectivity index (χ3v) is 1.33. The maximum Gasteiger partial charge on any atom is 0.196 e. The molecule has 0 atom stereocenters. The van der Waals surface area contributed by atoms with Gasteiger partial charge in [0.2, 0.25) is 0 Å². The summed E-state index contributed by atoms with van der Waals surface area (Å²) < 4.78 is 1.97. The minimum atomic E-state index is 1.02. The Labute approximate surface area is 61.5 Å². The van der Waals surface area contributed by atoms with E-state index in [0.29, 0.717) is 0 Å². The van der Waals surface area contributed by atoms with Crippen molar-refractivity contribution in [3.05, 3.63) is 24.0 Å². The molecule has 1 heterocycles. The first-order chi connectivity index (χ1) is 4.83. The summed E-state index contributed by atoms with van der Waals surface area (Å²) in [5.41, 5.74) is 1.08. The first-order valence-electron chi connectivity index (χ1n) is 3.66. The summed E-state index contributed by atoms with van der Waals surface area (Å²) in [7, 11) is 0. The van der Waals surface area contributed by atoms with E-state index < -0.39 is 0 Å². The van der Waals surface area contributed by atoms with Gasteiger partial charge in [-0.3, -0.25) is 0 Å². The van der Waals surface area contributed by atoms with Gasteiger partial charge in [0, 0.05) is 12.5 Å². The molecule has 0 aliphatic rings. The van der Waals surface area contributed by atoms with Crippen molar-refractivity contribution < 1.29 is 4.68 Å². The molecule has 0 unspecified atom stereocenters. The maximum absolute atomic E-state index is 4.28. The van der Waals surface area contributed by atoms with Gasteiger partial charge in [0.15, 0.2) is 12.7 Å². The topological polar surface area (TPSA) is 16.8 Å². The summed E-state index contributed by atoms with van der Waals surface area (Å²) in [5.74, 6) is 0. The molecule has 10 heavy (non-hydrogen) atoms. The fourth-order valence-electron chi connectivity index (χ4n) is 0.905. The number of hydrogen-bond donors (Lipinski definition) is 0. The third kappa shape index (κ3) is 1.79. The Balaban J connectivity index is 2.75. The summed E-state index contributed by atoms with van der Waals surface area (Å²) in [6.07, 6.45) is 3.14. The highest BCUT2D eigenvalue weighted by atomic mass is 15.3. The quantitative estimate of drug-likeness (QED) is 0.557. The van der Waals surface area contributed by atoms with E-state index in [1.54, 1.807) is 0 Å². The number of aryl methyl sites for hydroxylation is 2. The fourth-order valence-corrected chi connectivity index (χ4v) is 0.905. The zero-order chi connectivity index (χ0) is 7.40. The zero-order valence-electron chi connectivity index (χ0n) is 6.54. The second kappa shape index (κ2) is 3.30. The Morgan fingerprint density at radius 3 is 3.00 bits per heavy atom. The molecule has 2 nitrogen and oxygen atoms in total.